The Kier molecular flexibility index (Phi) is 8.19. The first-order valence-electron chi connectivity index (χ1n) is 18.0. The van der Waals surface area contributed by atoms with E-state index in [2.05, 4.69) is 57.0 Å². The Morgan fingerprint density at radius 1 is 1.00 bits per heavy atom. The molecule has 4 aliphatic rings. The van der Waals surface area contributed by atoms with E-state index >= 15 is 0 Å². The molecule has 0 radical (unpaired) electrons. The predicted octanol–water partition coefficient (Wildman–Crippen LogP) is 6.50. The molecule has 0 unspecified atom stereocenters. The molecule has 8 rings (SSSR count). The number of rotatable bonds is 7. The van der Waals surface area contributed by atoms with Gasteiger partial charge in [0.2, 0.25) is 5.91 Å². The number of fused-ring (bicyclic) bond motifs is 3. The summed E-state index contributed by atoms with van der Waals surface area (Å²) in [6, 6.07) is 15.3. The molecule has 1 saturated carbocycles. The van der Waals surface area contributed by atoms with Gasteiger partial charge >= 0.3 is 0 Å². The number of nitrogens with one attached hydrogen (secondary N) is 2. The number of nitrogens with zero attached hydrogens (tertiary/aromatic N) is 5. The number of carbonyl (C=O) groups excluding carboxylic acids is 2. The second-order valence-corrected chi connectivity index (χ2v) is 14.7. The summed E-state index contributed by atoms with van der Waals surface area (Å²) in [7, 11) is 1.64. The zero-order chi connectivity index (χ0) is 33.9. The third kappa shape index (κ3) is 5.40. The molecule has 0 bridgehead atoms. The zero-order valence-electron chi connectivity index (χ0n) is 29.1. The van der Waals surface area contributed by atoms with E-state index in [0.717, 1.165) is 70.5 Å². The molecule has 49 heavy (non-hydrogen) atoms. The number of hydrogen-bond acceptors (Lipinski definition) is 7. The normalized spacial score (nSPS) is 22.1. The number of hydrogen-bond donors (Lipinski definition) is 2. The van der Waals surface area contributed by atoms with Gasteiger partial charge in [0.25, 0.3) is 5.91 Å². The van der Waals surface area contributed by atoms with Crippen LogP contribution in [0.1, 0.15) is 86.3 Å². The summed E-state index contributed by atoms with van der Waals surface area (Å²) >= 11 is 0. The van der Waals surface area contributed by atoms with Crippen LogP contribution < -0.4 is 15.5 Å². The van der Waals surface area contributed by atoms with Gasteiger partial charge in [-0.05, 0) is 108 Å². The van der Waals surface area contributed by atoms with Crippen molar-refractivity contribution in [2.75, 3.05) is 43.6 Å². The lowest BCUT2D eigenvalue weighted by Gasteiger charge is -2.48. The second-order valence-electron chi connectivity index (χ2n) is 14.7. The molecule has 5 heterocycles. The first-order valence-corrected chi connectivity index (χ1v) is 18.0. The third-order valence-electron chi connectivity index (χ3n) is 11.5. The lowest BCUT2D eigenvalue weighted by atomic mass is 9.75. The van der Waals surface area contributed by atoms with Crippen LogP contribution >= 0.6 is 0 Å². The Morgan fingerprint density at radius 3 is 2.51 bits per heavy atom. The molecule has 2 N–H and O–H groups in total. The van der Waals surface area contributed by atoms with E-state index in [0.29, 0.717) is 30.6 Å². The molecule has 1 spiro atoms. The highest BCUT2D eigenvalue weighted by molar-refractivity contribution is 6.09. The average molecular weight is 662 g/mol. The summed E-state index contributed by atoms with van der Waals surface area (Å²) in [5.41, 5.74) is 7.40. The Balaban J connectivity index is 1.19. The molecule has 2 saturated heterocycles. The van der Waals surface area contributed by atoms with Gasteiger partial charge in [0, 0.05) is 60.9 Å². The van der Waals surface area contributed by atoms with Gasteiger partial charge in [0.15, 0.2) is 5.82 Å². The lowest BCUT2D eigenvalue weighted by Crippen LogP contribution is -2.57. The van der Waals surface area contributed by atoms with E-state index in [1.165, 1.54) is 32.4 Å². The van der Waals surface area contributed by atoms with Gasteiger partial charge in [-0.3, -0.25) is 9.59 Å². The topological polar surface area (TPSA) is 105 Å². The first kappa shape index (κ1) is 32.0. The van der Waals surface area contributed by atoms with Crippen LogP contribution in [0.3, 0.4) is 0 Å². The average Bonchev–Trinajstić information content (AvgIpc) is 3.63. The molecule has 0 atom stereocenters. The Bertz CT molecular complexity index is 1920. The summed E-state index contributed by atoms with van der Waals surface area (Å²) in [6.45, 7) is 9.76. The van der Waals surface area contributed by atoms with Crippen molar-refractivity contribution in [2.45, 2.75) is 89.3 Å². The number of amides is 2. The van der Waals surface area contributed by atoms with Crippen molar-refractivity contribution in [1.82, 2.24) is 24.8 Å². The number of ether oxygens (including phenoxy) is 1. The summed E-state index contributed by atoms with van der Waals surface area (Å²) in [4.78, 5) is 42.0. The number of likely N-dealkylation sites (tertiary alicyclic amines) is 1. The van der Waals surface area contributed by atoms with Crippen molar-refractivity contribution >= 4 is 40.0 Å². The Hall–Kier alpha value is -4.28. The summed E-state index contributed by atoms with van der Waals surface area (Å²) in [5, 5.41) is 6.28. The number of imidazole rings is 1. The molecule has 3 fully saturated rings. The molecular weight excluding hydrogens is 614 g/mol. The molecule has 256 valence electrons. The predicted molar refractivity (Wildman–Crippen MR) is 193 cm³/mol. The van der Waals surface area contributed by atoms with Crippen LogP contribution in [0.2, 0.25) is 0 Å². The maximum atomic E-state index is 14.5. The summed E-state index contributed by atoms with van der Waals surface area (Å²) in [5.74, 6) is 0.786. The summed E-state index contributed by atoms with van der Waals surface area (Å²) in [6.07, 6.45) is 9.25. The SMILES string of the molecule is CNC(=O)c1cc(Nc2nc(-c3ccc4c(c3)N(C3CC(N5CCCCC5)C3)C(=O)C43CCOCC3)cc3ncn(C(C)C)c23)ccc1C. The first-order chi connectivity index (χ1) is 23.8. The summed E-state index contributed by atoms with van der Waals surface area (Å²) < 4.78 is 7.90. The van der Waals surface area contributed by atoms with E-state index in [1.807, 2.05) is 37.5 Å². The number of piperidine rings is 1. The fourth-order valence-corrected chi connectivity index (χ4v) is 8.57. The van der Waals surface area contributed by atoms with E-state index < -0.39 is 5.41 Å². The molecule has 10 heteroatoms. The van der Waals surface area contributed by atoms with Crippen molar-refractivity contribution in [2.24, 2.45) is 0 Å². The molecule has 2 aromatic carbocycles. The van der Waals surface area contributed by atoms with Crippen LogP contribution in [-0.2, 0) is 14.9 Å². The fourth-order valence-electron chi connectivity index (χ4n) is 8.57. The third-order valence-corrected chi connectivity index (χ3v) is 11.5. The van der Waals surface area contributed by atoms with Crippen LogP contribution in [0.4, 0.5) is 17.2 Å². The quantitative estimate of drug-likeness (QED) is 0.233. The van der Waals surface area contributed by atoms with E-state index in [4.69, 9.17) is 14.7 Å². The number of aromatic nitrogens is 3. The minimum Gasteiger partial charge on any atom is -0.381 e. The standard InChI is InChI=1S/C39H47N7O3/c1-24(2)45-23-41-33-22-32(43-36(35(33)45)42-27-10-8-25(3)30(19-27)37(47)40-4)26-9-11-31-34(18-26)46(38(48)39(31)12-16-49-17-13-39)29-20-28(21-29)44-14-6-5-7-15-44/h8-11,18-19,22-24,28-29H,5-7,12-17,20-21H2,1-4H3,(H,40,47)(H,42,43). The molecule has 3 aliphatic heterocycles. The van der Waals surface area contributed by atoms with E-state index in [1.54, 1.807) is 7.05 Å². The highest BCUT2D eigenvalue weighted by atomic mass is 16.5. The van der Waals surface area contributed by atoms with Gasteiger partial charge in [-0.15, -0.1) is 0 Å². The smallest absolute Gasteiger partial charge is 0.251 e. The minimum atomic E-state index is -0.517. The van der Waals surface area contributed by atoms with Gasteiger partial charge < -0.3 is 29.7 Å². The lowest BCUT2D eigenvalue weighted by molar-refractivity contribution is -0.127. The maximum absolute atomic E-state index is 14.5. The van der Waals surface area contributed by atoms with Crippen molar-refractivity contribution in [3.8, 4) is 11.3 Å². The number of aryl methyl sites for hydroxylation is 1. The van der Waals surface area contributed by atoms with E-state index in [-0.39, 0.29) is 23.9 Å². The van der Waals surface area contributed by atoms with Gasteiger partial charge in [-0.2, -0.15) is 0 Å². The van der Waals surface area contributed by atoms with E-state index in [9.17, 15) is 9.59 Å². The van der Waals surface area contributed by atoms with Crippen molar-refractivity contribution in [3.05, 3.63) is 65.5 Å². The van der Waals surface area contributed by atoms with Gasteiger partial charge in [-0.25, -0.2) is 9.97 Å². The molecule has 1 aliphatic carbocycles. The number of anilines is 3. The van der Waals surface area contributed by atoms with Gasteiger partial charge in [0.05, 0.1) is 23.0 Å². The van der Waals surface area contributed by atoms with Crippen molar-refractivity contribution < 1.29 is 14.3 Å². The largest absolute Gasteiger partial charge is 0.381 e. The monoisotopic (exact) mass is 661 g/mol. The van der Waals surface area contributed by atoms with Crippen molar-refractivity contribution in [1.29, 1.82) is 0 Å². The maximum Gasteiger partial charge on any atom is 0.251 e. The Labute approximate surface area is 288 Å². The van der Waals surface area contributed by atoms with Gasteiger partial charge in [0.1, 0.15) is 5.52 Å². The minimum absolute atomic E-state index is 0.131. The molecule has 10 nitrogen and oxygen atoms in total. The molecule has 4 aromatic rings. The zero-order valence-corrected chi connectivity index (χ0v) is 29.1. The van der Waals surface area contributed by atoms with Crippen LogP contribution in [0, 0.1) is 6.92 Å². The fraction of sp³-hybridized carbons (Fsp3) is 0.487. The molecule has 2 amide bonds. The Morgan fingerprint density at radius 2 is 1.78 bits per heavy atom. The number of pyridine rings is 1. The molecular formula is C39H47N7O3. The van der Waals surface area contributed by atoms with Crippen LogP contribution in [0.15, 0.2) is 48.8 Å². The highest BCUT2D eigenvalue weighted by Crippen LogP contribution is 2.52. The van der Waals surface area contributed by atoms with Crippen LogP contribution in [0.5, 0.6) is 0 Å². The highest BCUT2D eigenvalue weighted by Gasteiger charge is 2.55. The van der Waals surface area contributed by atoms with Gasteiger partial charge in [-0.1, -0.05) is 24.6 Å². The second kappa shape index (κ2) is 12.6. The van der Waals surface area contributed by atoms with Crippen molar-refractivity contribution in [3.63, 3.8) is 0 Å². The number of benzene rings is 2. The van der Waals surface area contributed by atoms with Crippen LogP contribution in [0.25, 0.3) is 22.3 Å². The number of carbonyl (C=O) groups is 2. The van der Waals surface area contributed by atoms with Crippen LogP contribution in [-0.4, -0.2) is 76.7 Å². The molecule has 2 aromatic heterocycles.